The normalized spacial score (nSPS) is 12.2. The van der Waals surface area contributed by atoms with Crippen molar-refractivity contribution in [2.75, 3.05) is 7.11 Å². The fourth-order valence-electron chi connectivity index (χ4n) is 2.03. The molecule has 0 spiro atoms. The fraction of sp³-hybridized carbons (Fsp3) is 0.294. The topological polar surface area (TPSA) is 35.2 Å². The summed E-state index contributed by atoms with van der Waals surface area (Å²) < 4.78 is 6.38. The largest absolute Gasteiger partial charge is 0.497 e. The van der Waals surface area contributed by atoms with Crippen LogP contribution in [0.4, 0.5) is 0 Å². The molecule has 0 amide bonds. The van der Waals surface area contributed by atoms with Gasteiger partial charge in [0, 0.05) is 20.3 Å². The maximum Gasteiger partial charge on any atom is 0.119 e. The van der Waals surface area contributed by atoms with Crippen LogP contribution in [0.2, 0.25) is 0 Å². The number of hydrogen-bond donors (Lipinski definition) is 1. The lowest BCUT2D eigenvalue weighted by Crippen LogP contribution is -2.21. The third kappa shape index (κ3) is 4.77. The highest BCUT2D eigenvalue weighted by atomic mass is 79.9. The van der Waals surface area contributed by atoms with Crippen molar-refractivity contribution in [3.8, 4) is 5.75 Å². The van der Waals surface area contributed by atoms with E-state index in [1.807, 2.05) is 12.1 Å². The molecule has 0 heterocycles. The molecule has 2 rings (SSSR count). The number of hydrogen-bond acceptors (Lipinski definition) is 3. The fourth-order valence-corrected chi connectivity index (χ4v) is 3.42. The van der Waals surface area contributed by atoms with Gasteiger partial charge in [0.2, 0.25) is 0 Å². The minimum atomic E-state index is 0.198. The van der Waals surface area contributed by atoms with Crippen molar-refractivity contribution in [1.82, 2.24) is 0 Å². The van der Waals surface area contributed by atoms with Gasteiger partial charge >= 0.3 is 0 Å². The molecule has 2 nitrogen and oxygen atoms in total. The first-order valence-corrected chi connectivity index (χ1v) is 8.59. The van der Waals surface area contributed by atoms with Crippen LogP contribution >= 0.6 is 27.7 Å². The summed E-state index contributed by atoms with van der Waals surface area (Å²) in [6.45, 7) is 2.12. The monoisotopic (exact) mass is 365 g/mol. The van der Waals surface area contributed by atoms with E-state index in [-0.39, 0.29) is 6.04 Å². The van der Waals surface area contributed by atoms with Crippen LogP contribution in [0, 0.1) is 0 Å². The highest BCUT2D eigenvalue weighted by molar-refractivity contribution is 9.10. The number of benzene rings is 2. The Morgan fingerprint density at radius 2 is 2.05 bits per heavy atom. The Hall–Kier alpha value is -0.970. The summed E-state index contributed by atoms with van der Waals surface area (Å²) in [4.78, 5) is 2.42. The minimum absolute atomic E-state index is 0.198. The molecule has 0 bridgehead atoms. The Balaban J connectivity index is 2.25. The van der Waals surface area contributed by atoms with Crippen LogP contribution in [-0.4, -0.2) is 13.2 Å². The summed E-state index contributed by atoms with van der Waals surface area (Å²) in [5.41, 5.74) is 7.40. The van der Waals surface area contributed by atoms with Crippen LogP contribution in [0.15, 0.2) is 56.7 Å². The van der Waals surface area contributed by atoms with E-state index in [1.165, 1.54) is 15.4 Å². The summed E-state index contributed by atoms with van der Waals surface area (Å²) >= 11 is 5.29. The van der Waals surface area contributed by atoms with Gasteiger partial charge in [0.25, 0.3) is 0 Å². The van der Waals surface area contributed by atoms with Gasteiger partial charge in [-0.05, 0) is 54.8 Å². The molecule has 0 aliphatic rings. The van der Waals surface area contributed by atoms with Crippen molar-refractivity contribution in [3.63, 3.8) is 0 Å². The molecule has 1 unspecified atom stereocenters. The highest BCUT2D eigenvalue weighted by Crippen LogP contribution is 2.34. The van der Waals surface area contributed by atoms with E-state index in [4.69, 9.17) is 10.5 Å². The van der Waals surface area contributed by atoms with Gasteiger partial charge in [0.05, 0.1) is 7.11 Å². The Labute approximate surface area is 139 Å². The van der Waals surface area contributed by atoms with Crippen LogP contribution in [0.25, 0.3) is 0 Å². The number of rotatable bonds is 6. The quantitative estimate of drug-likeness (QED) is 0.791. The van der Waals surface area contributed by atoms with Gasteiger partial charge in [0.15, 0.2) is 0 Å². The van der Waals surface area contributed by atoms with Crippen molar-refractivity contribution < 1.29 is 4.74 Å². The molecule has 0 aliphatic carbocycles. The summed E-state index contributed by atoms with van der Waals surface area (Å²) in [6.07, 6.45) is 1.87. The molecule has 2 aromatic carbocycles. The minimum Gasteiger partial charge on any atom is -0.497 e. The zero-order valence-electron chi connectivity index (χ0n) is 12.3. The van der Waals surface area contributed by atoms with Gasteiger partial charge in [-0.3, -0.25) is 0 Å². The standard InChI is InChI=1S/C17H20BrNOS/c1-3-14(19)10-12-9-13(18)7-8-17(12)21-16-6-4-5-15(11-16)20-2/h4-9,11,14H,3,10,19H2,1-2H3. The van der Waals surface area contributed by atoms with Crippen molar-refractivity contribution >= 4 is 27.7 Å². The Kier molecular flexibility index (Phi) is 6.15. The molecule has 0 radical (unpaired) electrons. The molecule has 0 saturated carbocycles. The molecule has 4 heteroatoms. The van der Waals surface area contributed by atoms with Gasteiger partial charge < -0.3 is 10.5 Å². The van der Waals surface area contributed by atoms with E-state index in [1.54, 1.807) is 18.9 Å². The van der Waals surface area contributed by atoms with Crippen molar-refractivity contribution in [2.24, 2.45) is 5.73 Å². The van der Waals surface area contributed by atoms with Crippen molar-refractivity contribution in [3.05, 3.63) is 52.5 Å². The summed E-state index contributed by atoms with van der Waals surface area (Å²) in [6, 6.07) is 14.7. The Morgan fingerprint density at radius 1 is 1.24 bits per heavy atom. The van der Waals surface area contributed by atoms with Gasteiger partial charge in [0.1, 0.15) is 5.75 Å². The molecule has 0 saturated heterocycles. The second-order valence-electron chi connectivity index (χ2n) is 4.91. The third-order valence-electron chi connectivity index (χ3n) is 3.30. The first-order valence-electron chi connectivity index (χ1n) is 6.98. The van der Waals surface area contributed by atoms with E-state index in [9.17, 15) is 0 Å². The van der Waals surface area contributed by atoms with Crippen LogP contribution in [0.5, 0.6) is 5.75 Å². The highest BCUT2D eigenvalue weighted by Gasteiger charge is 2.09. The molecular weight excluding hydrogens is 346 g/mol. The zero-order chi connectivity index (χ0) is 15.2. The zero-order valence-corrected chi connectivity index (χ0v) is 14.7. The van der Waals surface area contributed by atoms with Crippen molar-refractivity contribution in [2.45, 2.75) is 35.6 Å². The molecule has 112 valence electrons. The smallest absolute Gasteiger partial charge is 0.119 e. The molecule has 0 fully saturated rings. The Bertz CT molecular complexity index is 603. The first-order chi connectivity index (χ1) is 10.1. The Morgan fingerprint density at radius 3 is 2.76 bits per heavy atom. The van der Waals surface area contributed by atoms with Gasteiger partial charge in [-0.2, -0.15) is 0 Å². The summed E-state index contributed by atoms with van der Waals surface area (Å²) in [5, 5.41) is 0. The van der Waals surface area contributed by atoms with E-state index >= 15 is 0 Å². The lowest BCUT2D eigenvalue weighted by Gasteiger charge is -2.14. The average Bonchev–Trinajstić information content (AvgIpc) is 2.50. The van der Waals surface area contributed by atoms with Gasteiger partial charge in [-0.1, -0.05) is 40.7 Å². The van der Waals surface area contributed by atoms with Crippen molar-refractivity contribution in [1.29, 1.82) is 0 Å². The van der Waals surface area contributed by atoms with Gasteiger partial charge in [-0.25, -0.2) is 0 Å². The van der Waals surface area contributed by atoms with E-state index in [0.717, 1.165) is 23.1 Å². The third-order valence-corrected chi connectivity index (χ3v) is 4.90. The number of methoxy groups -OCH3 is 1. The predicted molar refractivity (Wildman–Crippen MR) is 93.2 cm³/mol. The lowest BCUT2D eigenvalue weighted by atomic mass is 10.1. The molecule has 1 atom stereocenters. The van der Waals surface area contributed by atoms with E-state index in [2.05, 4.69) is 53.2 Å². The maximum atomic E-state index is 6.12. The van der Waals surface area contributed by atoms with Crippen LogP contribution in [0.1, 0.15) is 18.9 Å². The molecule has 0 aliphatic heterocycles. The summed E-state index contributed by atoms with van der Waals surface area (Å²) in [7, 11) is 1.69. The lowest BCUT2D eigenvalue weighted by molar-refractivity contribution is 0.413. The van der Waals surface area contributed by atoms with Crippen LogP contribution in [-0.2, 0) is 6.42 Å². The molecule has 21 heavy (non-hydrogen) atoms. The first kappa shape index (κ1) is 16.4. The predicted octanol–water partition coefficient (Wildman–Crippen LogP) is 4.89. The van der Waals surface area contributed by atoms with Crippen LogP contribution < -0.4 is 10.5 Å². The second-order valence-corrected chi connectivity index (χ2v) is 6.94. The van der Waals surface area contributed by atoms with Gasteiger partial charge in [-0.15, -0.1) is 0 Å². The maximum absolute atomic E-state index is 6.12. The average molecular weight is 366 g/mol. The molecule has 0 aromatic heterocycles. The number of nitrogens with two attached hydrogens (primary N) is 1. The molecule has 2 N–H and O–H groups in total. The number of halogens is 1. The van der Waals surface area contributed by atoms with E-state index < -0.39 is 0 Å². The summed E-state index contributed by atoms with van der Waals surface area (Å²) in [5.74, 6) is 0.879. The molecule has 2 aromatic rings. The SMILES string of the molecule is CCC(N)Cc1cc(Br)ccc1Sc1cccc(OC)c1. The number of ether oxygens (including phenoxy) is 1. The second kappa shape index (κ2) is 7.87. The van der Waals surface area contributed by atoms with Crippen LogP contribution in [0.3, 0.4) is 0 Å². The molecular formula is C17H20BrNOS. The van der Waals surface area contributed by atoms with E-state index in [0.29, 0.717) is 0 Å².